The Morgan fingerprint density at radius 3 is 2.74 bits per heavy atom. The lowest BCUT2D eigenvalue weighted by Crippen LogP contribution is -1.95. The van der Waals surface area contributed by atoms with E-state index in [0.717, 1.165) is 11.1 Å². The van der Waals surface area contributed by atoms with Crippen molar-refractivity contribution in [3.8, 4) is 5.75 Å². The predicted molar refractivity (Wildman–Crippen MR) is 75.6 cm³/mol. The number of allylic oxidation sites excluding steroid dienone is 1. The number of ketones is 1. The second kappa shape index (κ2) is 4.56. The van der Waals surface area contributed by atoms with Gasteiger partial charge in [-0.05, 0) is 35.4 Å². The SMILES string of the molecule is O=C1C(=Cc2ccccc2Cl)Cc2ccc(O)cc21. The summed E-state index contributed by atoms with van der Waals surface area (Å²) in [5, 5.41) is 10.1. The zero-order valence-corrected chi connectivity index (χ0v) is 10.8. The van der Waals surface area contributed by atoms with Crippen LogP contribution in [-0.2, 0) is 6.42 Å². The van der Waals surface area contributed by atoms with Crippen molar-refractivity contribution in [3.05, 3.63) is 69.8 Å². The normalized spacial score (nSPS) is 15.8. The number of carbonyl (C=O) groups is 1. The van der Waals surface area contributed by atoms with Crippen LogP contribution in [0.25, 0.3) is 6.08 Å². The van der Waals surface area contributed by atoms with Gasteiger partial charge in [-0.3, -0.25) is 4.79 Å². The first-order valence-corrected chi connectivity index (χ1v) is 6.34. The molecule has 0 spiro atoms. The summed E-state index contributed by atoms with van der Waals surface area (Å²) in [6, 6.07) is 12.3. The first kappa shape index (κ1) is 12.0. The number of phenols is 1. The van der Waals surface area contributed by atoms with Crippen molar-refractivity contribution in [2.75, 3.05) is 0 Å². The number of carbonyl (C=O) groups excluding carboxylic acids is 1. The Balaban J connectivity index is 2.03. The molecular weight excluding hydrogens is 260 g/mol. The molecule has 2 nitrogen and oxygen atoms in total. The van der Waals surface area contributed by atoms with Crippen LogP contribution in [-0.4, -0.2) is 10.9 Å². The van der Waals surface area contributed by atoms with Crippen molar-refractivity contribution in [2.45, 2.75) is 6.42 Å². The number of fused-ring (bicyclic) bond motifs is 1. The van der Waals surface area contributed by atoms with Crippen LogP contribution in [0, 0.1) is 0 Å². The molecule has 0 unspecified atom stereocenters. The summed E-state index contributed by atoms with van der Waals surface area (Å²) in [7, 11) is 0. The molecule has 0 saturated heterocycles. The number of hydrogen-bond donors (Lipinski definition) is 1. The number of rotatable bonds is 1. The van der Waals surface area contributed by atoms with Crippen molar-refractivity contribution in [3.63, 3.8) is 0 Å². The molecule has 1 N–H and O–H groups in total. The van der Waals surface area contributed by atoms with Gasteiger partial charge in [-0.2, -0.15) is 0 Å². The van der Waals surface area contributed by atoms with E-state index < -0.39 is 0 Å². The van der Waals surface area contributed by atoms with Gasteiger partial charge in [-0.1, -0.05) is 35.9 Å². The maximum Gasteiger partial charge on any atom is 0.189 e. The molecule has 3 rings (SSSR count). The molecule has 0 amide bonds. The molecule has 3 heteroatoms. The van der Waals surface area contributed by atoms with Crippen molar-refractivity contribution in [1.82, 2.24) is 0 Å². The van der Waals surface area contributed by atoms with Gasteiger partial charge in [0.05, 0.1) is 0 Å². The van der Waals surface area contributed by atoms with E-state index >= 15 is 0 Å². The van der Waals surface area contributed by atoms with Gasteiger partial charge >= 0.3 is 0 Å². The monoisotopic (exact) mass is 270 g/mol. The molecule has 0 radical (unpaired) electrons. The maximum atomic E-state index is 12.2. The average Bonchev–Trinajstić information content (AvgIpc) is 2.70. The number of hydrogen-bond acceptors (Lipinski definition) is 2. The van der Waals surface area contributed by atoms with E-state index in [1.54, 1.807) is 18.2 Å². The van der Waals surface area contributed by atoms with Crippen LogP contribution in [0.2, 0.25) is 5.02 Å². The van der Waals surface area contributed by atoms with Gasteiger partial charge in [0.15, 0.2) is 5.78 Å². The standard InChI is InChI=1S/C16H11ClO2/c17-15-4-2-1-3-11(15)8-12-7-10-5-6-13(18)9-14(10)16(12)19/h1-6,8-9,18H,7H2. The molecule has 0 atom stereocenters. The van der Waals surface area contributed by atoms with Crippen molar-refractivity contribution in [2.24, 2.45) is 0 Å². The minimum Gasteiger partial charge on any atom is -0.508 e. The van der Waals surface area contributed by atoms with Crippen molar-refractivity contribution < 1.29 is 9.90 Å². The van der Waals surface area contributed by atoms with E-state index in [1.165, 1.54) is 6.07 Å². The van der Waals surface area contributed by atoms with Crippen LogP contribution in [0.5, 0.6) is 5.75 Å². The van der Waals surface area contributed by atoms with Crippen LogP contribution >= 0.6 is 11.6 Å². The Bertz CT molecular complexity index is 702. The molecule has 0 heterocycles. The van der Waals surface area contributed by atoms with E-state index in [-0.39, 0.29) is 11.5 Å². The lowest BCUT2D eigenvalue weighted by atomic mass is 10.1. The second-order valence-electron chi connectivity index (χ2n) is 4.54. The van der Waals surface area contributed by atoms with Gasteiger partial charge in [-0.25, -0.2) is 0 Å². The highest BCUT2D eigenvalue weighted by Crippen LogP contribution is 2.31. The van der Waals surface area contributed by atoms with Crippen molar-refractivity contribution >= 4 is 23.5 Å². The van der Waals surface area contributed by atoms with Gasteiger partial charge in [-0.15, -0.1) is 0 Å². The molecule has 0 bridgehead atoms. The van der Waals surface area contributed by atoms with Crippen LogP contribution in [0.1, 0.15) is 21.5 Å². The Hall–Kier alpha value is -2.06. The summed E-state index contributed by atoms with van der Waals surface area (Å²) in [6.45, 7) is 0. The molecule has 94 valence electrons. The van der Waals surface area contributed by atoms with Gasteiger partial charge in [0.25, 0.3) is 0 Å². The molecule has 0 aliphatic heterocycles. The zero-order chi connectivity index (χ0) is 13.4. The molecule has 2 aromatic rings. The topological polar surface area (TPSA) is 37.3 Å². The fourth-order valence-electron chi connectivity index (χ4n) is 2.28. The first-order valence-electron chi connectivity index (χ1n) is 5.97. The third-order valence-corrected chi connectivity index (χ3v) is 3.59. The van der Waals surface area contributed by atoms with Gasteiger partial charge in [0.2, 0.25) is 0 Å². The summed E-state index contributed by atoms with van der Waals surface area (Å²) in [5.74, 6) is 0.0805. The van der Waals surface area contributed by atoms with E-state index in [0.29, 0.717) is 22.6 Å². The molecule has 0 saturated carbocycles. The number of phenolic OH excluding ortho intramolecular Hbond substituents is 1. The number of Topliss-reactive ketones (excluding diaryl/α,β-unsaturated/α-hetero) is 1. The summed E-state index contributed by atoms with van der Waals surface area (Å²) in [5.41, 5.74) is 3.07. The van der Waals surface area contributed by atoms with E-state index in [1.807, 2.05) is 24.3 Å². The Morgan fingerprint density at radius 1 is 1.16 bits per heavy atom. The fraction of sp³-hybridized carbons (Fsp3) is 0.0625. The smallest absolute Gasteiger partial charge is 0.189 e. The minimum absolute atomic E-state index is 0.0363. The number of aromatic hydroxyl groups is 1. The van der Waals surface area contributed by atoms with Crippen LogP contribution < -0.4 is 0 Å². The Morgan fingerprint density at radius 2 is 1.95 bits per heavy atom. The van der Waals surface area contributed by atoms with E-state index in [9.17, 15) is 9.90 Å². The molecule has 0 aromatic heterocycles. The zero-order valence-electron chi connectivity index (χ0n) is 10.1. The summed E-state index contributed by atoms with van der Waals surface area (Å²) in [4.78, 5) is 12.2. The van der Waals surface area contributed by atoms with Crippen molar-refractivity contribution in [1.29, 1.82) is 0 Å². The van der Waals surface area contributed by atoms with Crippen LogP contribution in [0.3, 0.4) is 0 Å². The molecule has 0 fully saturated rings. The number of halogens is 1. The molecule has 19 heavy (non-hydrogen) atoms. The molecule has 1 aliphatic carbocycles. The third kappa shape index (κ3) is 2.15. The highest BCUT2D eigenvalue weighted by Gasteiger charge is 2.25. The van der Waals surface area contributed by atoms with Gasteiger partial charge in [0, 0.05) is 22.6 Å². The summed E-state index contributed by atoms with van der Waals surface area (Å²) < 4.78 is 0. The number of benzene rings is 2. The third-order valence-electron chi connectivity index (χ3n) is 3.25. The van der Waals surface area contributed by atoms with E-state index in [2.05, 4.69) is 0 Å². The Labute approximate surface area is 116 Å². The molecular formula is C16H11ClO2. The second-order valence-corrected chi connectivity index (χ2v) is 4.95. The van der Waals surface area contributed by atoms with Gasteiger partial charge < -0.3 is 5.11 Å². The van der Waals surface area contributed by atoms with Gasteiger partial charge in [0.1, 0.15) is 5.75 Å². The lowest BCUT2D eigenvalue weighted by Gasteiger charge is -1.99. The maximum absolute atomic E-state index is 12.2. The average molecular weight is 271 g/mol. The molecule has 2 aromatic carbocycles. The molecule has 1 aliphatic rings. The quantitative estimate of drug-likeness (QED) is 0.799. The summed E-state index contributed by atoms with van der Waals surface area (Å²) in [6.07, 6.45) is 2.40. The highest BCUT2D eigenvalue weighted by atomic mass is 35.5. The summed E-state index contributed by atoms with van der Waals surface area (Å²) >= 11 is 6.09. The largest absolute Gasteiger partial charge is 0.508 e. The fourth-order valence-corrected chi connectivity index (χ4v) is 2.48. The first-order chi connectivity index (χ1) is 9.15. The van der Waals surface area contributed by atoms with Crippen LogP contribution in [0.4, 0.5) is 0 Å². The van der Waals surface area contributed by atoms with Crippen LogP contribution in [0.15, 0.2) is 48.0 Å². The predicted octanol–water partition coefficient (Wildman–Crippen LogP) is 3.87. The highest BCUT2D eigenvalue weighted by molar-refractivity contribution is 6.32. The Kier molecular flexibility index (Phi) is 2.88. The lowest BCUT2D eigenvalue weighted by molar-refractivity contribution is 0.104. The minimum atomic E-state index is -0.0363. The van der Waals surface area contributed by atoms with E-state index in [4.69, 9.17) is 11.6 Å².